The number of carbonyl (C=O) groups is 1. The quantitative estimate of drug-likeness (QED) is 0.714. The second-order valence-corrected chi connectivity index (χ2v) is 4.73. The molecular formula is C14H20ClNO. The van der Waals surface area contributed by atoms with Gasteiger partial charge in [0.1, 0.15) is 0 Å². The van der Waals surface area contributed by atoms with Gasteiger partial charge < -0.3 is 4.90 Å². The van der Waals surface area contributed by atoms with Crippen LogP contribution in [0.25, 0.3) is 0 Å². The van der Waals surface area contributed by atoms with Gasteiger partial charge in [-0.2, -0.15) is 0 Å². The molecule has 0 radical (unpaired) electrons. The Morgan fingerprint density at radius 2 is 1.94 bits per heavy atom. The van der Waals surface area contributed by atoms with Gasteiger partial charge in [-0.05, 0) is 25.8 Å². The molecule has 0 N–H and O–H groups in total. The minimum Gasteiger partial charge on any atom is -0.339 e. The zero-order valence-corrected chi connectivity index (χ0v) is 11.3. The first-order valence-electron chi connectivity index (χ1n) is 6.04. The molecule has 0 atom stereocenters. The summed E-state index contributed by atoms with van der Waals surface area (Å²) in [5.74, 6) is 0.680. The van der Waals surface area contributed by atoms with Crippen molar-refractivity contribution in [3.8, 4) is 0 Å². The molecule has 1 aromatic carbocycles. The van der Waals surface area contributed by atoms with E-state index in [0.29, 0.717) is 18.8 Å². The maximum absolute atomic E-state index is 12.0. The van der Waals surface area contributed by atoms with Crippen LogP contribution in [0.4, 0.5) is 0 Å². The zero-order valence-electron chi connectivity index (χ0n) is 10.5. The summed E-state index contributed by atoms with van der Waals surface area (Å²) in [6, 6.07) is 10.3. The summed E-state index contributed by atoms with van der Waals surface area (Å²) in [5.41, 5.74) is 1.20. The van der Waals surface area contributed by atoms with Crippen LogP contribution in [0, 0.1) is 0 Å². The van der Waals surface area contributed by atoms with Gasteiger partial charge in [0.2, 0.25) is 5.91 Å². The molecule has 1 aromatic rings. The van der Waals surface area contributed by atoms with Crippen LogP contribution in [0.15, 0.2) is 30.3 Å². The molecule has 0 fully saturated rings. The fourth-order valence-electron chi connectivity index (χ4n) is 1.80. The fraction of sp³-hybridized carbons (Fsp3) is 0.500. The van der Waals surface area contributed by atoms with Gasteiger partial charge in [0.25, 0.3) is 0 Å². The predicted molar refractivity (Wildman–Crippen MR) is 72.3 cm³/mol. The third-order valence-corrected chi connectivity index (χ3v) is 2.91. The minimum atomic E-state index is 0.185. The first-order valence-corrected chi connectivity index (χ1v) is 6.58. The van der Waals surface area contributed by atoms with Gasteiger partial charge in [-0.15, -0.1) is 11.6 Å². The third kappa shape index (κ3) is 4.78. The highest BCUT2D eigenvalue weighted by Crippen LogP contribution is 2.07. The van der Waals surface area contributed by atoms with E-state index in [1.54, 1.807) is 0 Å². The summed E-state index contributed by atoms with van der Waals surface area (Å²) >= 11 is 5.71. The highest BCUT2D eigenvalue weighted by molar-refractivity contribution is 6.18. The van der Waals surface area contributed by atoms with Crippen molar-refractivity contribution in [2.24, 2.45) is 0 Å². The van der Waals surface area contributed by atoms with Crippen LogP contribution in [0.2, 0.25) is 0 Å². The lowest BCUT2D eigenvalue weighted by molar-refractivity contribution is -0.132. The summed E-state index contributed by atoms with van der Waals surface area (Å²) in [7, 11) is 0. The summed E-state index contributed by atoms with van der Waals surface area (Å²) in [4.78, 5) is 13.9. The molecule has 2 nitrogen and oxygen atoms in total. The molecule has 0 spiro atoms. The van der Waals surface area contributed by atoms with E-state index in [9.17, 15) is 4.79 Å². The molecule has 0 aliphatic heterocycles. The number of nitrogens with zero attached hydrogens (tertiary/aromatic N) is 1. The van der Waals surface area contributed by atoms with Crippen molar-refractivity contribution in [2.45, 2.75) is 32.7 Å². The van der Waals surface area contributed by atoms with Gasteiger partial charge in [-0.3, -0.25) is 4.79 Å². The topological polar surface area (TPSA) is 20.3 Å². The second-order valence-electron chi connectivity index (χ2n) is 4.36. The van der Waals surface area contributed by atoms with Crippen LogP contribution in [0.3, 0.4) is 0 Å². The maximum Gasteiger partial charge on any atom is 0.223 e. The van der Waals surface area contributed by atoms with E-state index in [1.165, 1.54) is 5.56 Å². The van der Waals surface area contributed by atoms with Gasteiger partial charge >= 0.3 is 0 Å². The molecule has 0 saturated carbocycles. The zero-order chi connectivity index (χ0) is 12.7. The lowest BCUT2D eigenvalue weighted by atomic mass is 10.1. The number of amides is 1. The predicted octanol–water partition coefficient (Wildman–Crippen LogP) is 3.10. The number of hydrogen-bond donors (Lipinski definition) is 0. The Bertz CT molecular complexity index is 337. The number of benzene rings is 1. The number of rotatable bonds is 6. The molecular weight excluding hydrogens is 234 g/mol. The molecule has 0 bridgehead atoms. The molecule has 1 rings (SSSR count). The molecule has 0 saturated heterocycles. The number of aryl methyl sites for hydroxylation is 1. The normalized spacial score (nSPS) is 10.6. The van der Waals surface area contributed by atoms with E-state index in [-0.39, 0.29) is 11.9 Å². The second kappa shape index (κ2) is 7.33. The van der Waals surface area contributed by atoms with Crippen LogP contribution < -0.4 is 0 Å². The monoisotopic (exact) mass is 253 g/mol. The number of halogens is 1. The van der Waals surface area contributed by atoms with Crippen molar-refractivity contribution >= 4 is 17.5 Å². The van der Waals surface area contributed by atoms with Gasteiger partial charge in [0, 0.05) is 24.9 Å². The van der Waals surface area contributed by atoms with Gasteiger partial charge in [0.15, 0.2) is 0 Å². The van der Waals surface area contributed by atoms with Crippen molar-refractivity contribution in [2.75, 3.05) is 12.4 Å². The Morgan fingerprint density at radius 1 is 1.29 bits per heavy atom. The van der Waals surface area contributed by atoms with Crippen molar-refractivity contribution in [1.82, 2.24) is 4.90 Å². The number of hydrogen-bond acceptors (Lipinski definition) is 1. The van der Waals surface area contributed by atoms with Crippen molar-refractivity contribution in [3.05, 3.63) is 35.9 Å². The van der Waals surface area contributed by atoms with Crippen molar-refractivity contribution in [1.29, 1.82) is 0 Å². The van der Waals surface area contributed by atoms with Crippen LogP contribution in [-0.2, 0) is 11.2 Å². The number of carbonyl (C=O) groups excluding carboxylic acids is 1. The first-order chi connectivity index (χ1) is 8.15. The Labute approximate surface area is 109 Å². The molecule has 0 unspecified atom stereocenters. The average molecular weight is 254 g/mol. The third-order valence-electron chi connectivity index (χ3n) is 2.74. The lowest BCUT2D eigenvalue weighted by Gasteiger charge is -2.26. The molecule has 3 heteroatoms. The van der Waals surface area contributed by atoms with Gasteiger partial charge in [-0.1, -0.05) is 30.3 Å². The fourth-order valence-corrected chi connectivity index (χ4v) is 1.98. The summed E-state index contributed by atoms with van der Waals surface area (Å²) in [6.45, 7) is 4.67. The lowest BCUT2D eigenvalue weighted by Crippen LogP contribution is -2.38. The molecule has 0 aromatic heterocycles. The first kappa shape index (κ1) is 14.0. The molecule has 94 valence electrons. The van der Waals surface area contributed by atoms with Gasteiger partial charge in [-0.25, -0.2) is 0 Å². The SMILES string of the molecule is CC(C)N(CCCl)C(=O)CCc1ccccc1. The largest absolute Gasteiger partial charge is 0.339 e. The molecule has 17 heavy (non-hydrogen) atoms. The Morgan fingerprint density at radius 3 is 2.47 bits per heavy atom. The van der Waals surface area contributed by atoms with Crippen LogP contribution >= 0.6 is 11.6 Å². The Kier molecular flexibility index (Phi) is 6.06. The summed E-state index contributed by atoms with van der Waals surface area (Å²) in [6.07, 6.45) is 1.35. The maximum atomic E-state index is 12.0. The Hall–Kier alpha value is -1.02. The molecule has 0 heterocycles. The Balaban J connectivity index is 2.47. The standard InChI is InChI=1S/C14H20ClNO/c1-12(2)16(11-10-15)14(17)9-8-13-6-4-3-5-7-13/h3-7,12H,8-11H2,1-2H3. The smallest absolute Gasteiger partial charge is 0.223 e. The van der Waals surface area contributed by atoms with Crippen molar-refractivity contribution < 1.29 is 4.79 Å². The van der Waals surface area contributed by atoms with E-state index in [2.05, 4.69) is 12.1 Å². The van der Waals surface area contributed by atoms with Gasteiger partial charge in [0.05, 0.1) is 0 Å². The van der Waals surface area contributed by atoms with Crippen LogP contribution in [-0.4, -0.2) is 29.3 Å². The van der Waals surface area contributed by atoms with E-state index in [1.807, 2.05) is 36.9 Å². The number of alkyl halides is 1. The van der Waals surface area contributed by atoms with Crippen LogP contribution in [0.5, 0.6) is 0 Å². The molecule has 0 aliphatic carbocycles. The highest BCUT2D eigenvalue weighted by atomic mass is 35.5. The summed E-state index contributed by atoms with van der Waals surface area (Å²) in [5, 5.41) is 0. The highest BCUT2D eigenvalue weighted by Gasteiger charge is 2.15. The van der Waals surface area contributed by atoms with Crippen LogP contribution in [0.1, 0.15) is 25.8 Å². The minimum absolute atomic E-state index is 0.185. The van der Waals surface area contributed by atoms with E-state index < -0.39 is 0 Å². The summed E-state index contributed by atoms with van der Waals surface area (Å²) < 4.78 is 0. The average Bonchev–Trinajstić information content (AvgIpc) is 2.34. The molecule has 0 aliphatic rings. The van der Waals surface area contributed by atoms with E-state index in [0.717, 1.165) is 6.42 Å². The molecule has 1 amide bonds. The van der Waals surface area contributed by atoms with Crippen molar-refractivity contribution in [3.63, 3.8) is 0 Å². The van der Waals surface area contributed by atoms with E-state index >= 15 is 0 Å². The van der Waals surface area contributed by atoms with E-state index in [4.69, 9.17) is 11.6 Å².